The Morgan fingerprint density at radius 3 is 2.60 bits per heavy atom. The Labute approximate surface area is 94.7 Å². The highest BCUT2D eigenvalue weighted by Gasteiger charge is 2.30. The maximum Gasteiger partial charge on any atom is 0.261 e. The van der Waals surface area contributed by atoms with Gasteiger partial charge in [0.2, 0.25) is 0 Å². The lowest BCUT2D eigenvalue weighted by atomic mass is 9.87. The fourth-order valence-corrected chi connectivity index (χ4v) is 2.97. The minimum atomic E-state index is -3.59. The van der Waals surface area contributed by atoms with Crippen molar-refractivity contribution in [2.75, 3.05) is 0 Å². The van der Waals surface area contributed by atoms with E-state index < -0.39 is 9.05 Å². The topological polar surface area (TPSA) is 34.1 Å². The van der Waals surface area contributed by atoms with Crippen LogP contribution in [0.25, 0.3) is 0 Å². The summed E-state index contributed by atoms with van der Waals surface area (Å²) in [5.74, 6) is 0. The monoisotopic (exact) mass is 244 g/mol. The fourth-order valence-electron chi connectivity index (χ4n) is 2.17. The SMILES string of the molecule is CC1(C)CCc2cc(S(=O)(=O)Cl)ccc21. The van der Waals surface area contributed by atoms with Crippen LogP contribution >= 0.6 is 10.7 Å². The minimum Gasteiger partial charge on any atom is -0.207 e. The third-order valence-electron chi connectivity index (χ3n) is 3.11. The van der Waals surface area contributed by atoms with Gasteiger partial charge in [0.1, 0.15) is 0 Å². The Hall–Kier alpha value is -0.540. The Morgan fingerprint density at radius 1 is 1.33 bits per heavy atom. The maximum absolute atomic E-state index is 11.2. The molecule has 1 aromatic carbocycles. The quantitative estimate of drug-likeness (QED) is 0.712. The van der Waals surface area contributed by atoms with Crippen LogP contribution in [0.4, 0.5) is 0 Å². The van der Waals surface area contributed by atoms with E-state index in [2.05, 4.69) is 13.8 Å². The van der Waals surface area contributed by atoms with Crippen molar-refractivity contribution in [3.05, 3.63) is 29.3 Å². The van der Waals surface area contributed by atoms with E-state index in [4.69, 9.17) is 10.7 Å². The molecule has 0 amide bonds. The molecule has 0 saturated heterocycles. The van der Waals surface area contributed by atoms with Crippen molar-refractivity contribution in [1.82, 2.24) is 0 Å². The Morgan fingerprint density at radius 2 is 2.00 bits per heavy atom. The molecule has 4 heteroatoms. The molecule has 1 aliphatic rings. The number of halogens is 1. The molecule has 0 heterocycles. The van der Waals surface area contributed by atoms with Gasteiger partial charge < -0.3 is 0 Å². The van der Waals surface area contributed by atoms with Gasteiger partial charge in [-0.2, -0.15) is 0 Å². The molecule has 0 unspecified atom stereocenters. The van der Waals surface area contributed by atoms with Gasteiger partial charge in [-0.3, -0.25) is 0 Å². The molecule has 15 heavy (non-hydrogen) atoms. The van der Waals surface area contributed by atoms with Gasteiger partial charge in [0.15, 0.2) is 0 Å². The zero-order valence-corrected chi connectivity index (χ0v) is 10.3. The largest absolute Gasteiger partial charge is 0.261 e. The number of hydrogen-bond acceptors (Lipinski definition) is 2. The van der Waals surface area contributed by atoms with E-state index in [0.29, 0.717) is 0 Å². The molecule has 0 fully saturated rings. The van der Waals surface area contributed by atoms with Crippen LogP contribution in [0.5, 0.6) is 0 Å². The predicted molar refractivity (Wildman–Crippen MR) is 60.8 cm³/mol. The number of rotatable bonds is 1. The summed E-state index contributed by atoms with van der Waals surface area (Å²) in [6, 6.07) is 5.18. The number of aryl methyl sites for hydroxylation is 1. The summed E-state index contributed by atoms with van der Waals surface area (Å²) < 4.78 is 22.3. The van der Waals surface area contributed by atoms with Gasteiger partial charge in [-0.05, 0) is 41.5 Å². The zero-order chi connectivity index (χ0) is 11.3. The zero-order valence-electron chi connectivity index (χ0n) is 8.75. The normalized spacial score (nSPS) is 18.9. The van der Waals surface area contributed by atoms with Gasteiger partial charge in [-0.25, -0.2) is 8.42 Å². The molecule has 82 valence electrons. The van der Waals surface area contributed by atoms with Gasteiger partial charge in [0.05, 0.1) is 4.90 Å². The molecule has 0 N–H and O–H groups in total. The second-order valence-electron chi connectivity index (χ2n) is 4.64. The summed E-state index contributed by atoms with van der Waals surface area (Å²) in [5.41, 5.74) is 2.51. The van der Waals surface area contributed by atoms with Gasteiger partial charge in [-0.1, -0.05) is 19.9 Å². The van der Waals surface area contributed by atoms with E-state index in [1.165, 1.54) is 5.56 Å². The highest BCUT2D eigenvalue weighted by atomic mass is 35.7. The van der Waals surface area contributed by atoms with Gasteiger partial charge in [-0.15, -0.1) is 0 Å². The maximum atomic E-state index is 11.2. The Balaban J connectivity index is 2.56. The lowest BCUT2D eigenvalue weighted by Crippen LogP contribution is -2.11. The Kier molecular flexibility index (Phi) is 2.36. The standard InChI is InChI=1S/C11H13ClO2S/c1-11(2)6-5-8-7-9(15(12,13)14)3-4-10(8)11/h3-4,7H,5-6H2,1-2H3. The average Bonchev–Trinajstić information content (AvgIpc) is 2.41. The van der Waals surface area contributed by atoms with Crippen LogP contribution in [-0.4, -0.2) is 8.42 Å². The first-order chi connectivity index (χ1) is 6.81. The van der Waals surface area contributed by atoms with E-state index in [1.54, 1.807) is 12.1 Å². The molecule has 0 atom stereocenters. The summed E-state index contributed by atoms with van der Waals surface area (Å²) in [6.07, 6.45) is 2.00. The summed E-state index contributed by atoms with van der Waals surface area (Å²) in [7, 11) is 1.71. The van der Waals surface area contributed by atoms with Crippen LogP contribution in [0.15, 0.2) is 23.1 Å². The van der Waals surface area contributed by atoms with Gasteiger partial charge >= 0.3 is 0 Å². The van der Waals surface area contributed by atoms with Crippen molar-refractivity contribution >= 4 is 19.7 Å². The van der Waals surface area contributed by atoms with Gasteiger partial charge in [0.25, 0.3) is 9.05 Å². The lowest BCUT2D eigenvalue weighted by Gasteiger charge is -2.18. The molecular formula is C11H13ClO2S. The van der Waals surface area contributed by atoms with Crippen LogP contribution in [0.1, 0.15) is 31.4 Å². The van der Waals surface area contributed by atoms with Crippen LogP contribution in [-0.2, 0) is 20.9 Å². The second-order valence-corrected chi connectivity index (χ2v) is 7.21. The van der Waals surface area contributed by atoms with Crippen LogP contribution in [0.2, 0.25) is 0 Å². The van der Waals surface area contributed by atoms with E-state index in [9.17, 15) is 8.42 Å². The smallest absolute Gasteiger partial charge is 0.207 e. The molecule has 0 bridgehead atoms. The molecule has 1 aromatic rings. The highest BCUT2D eigenvalue weighted by Crippen LogP contribution is 2.39. The number of hydrogen-bond donors (Lipinski definition) is 0. The van der Waals surface area contributed by atoms with E-state index in [-0.39, 0.29) is 10.3 Å². The molecule has 2 rings (SSSR count). The first kappa shape index (κ1) is 11.0. The van der Waals surface area contributed by atoms with Crippen LogP contribution < -0.4 is 0 Å². The average molecular weight is 245 g/mol. The highest BCUT2D eigenvalue weighted by molar-refractivity contribution is 8.13. The Bertz CT molecular complexity index is 503. The molecule has 0 radical (unpaired) electrons. The van der Waals surface area contributed by atoms with Crippen LogP contribution in [0.3, 0.4) is 0 Å². The molecule has 0 aromatic heterocycles. The first-order valence-corrected chi connectivity index (χ1v) is 7.20. The third-order valence-corrected chi connectivity index (χ3v) is 4.46. The number of benzene rings is 1. The van der Waals surface area contributed by atoms with E-state index in [1.807, 2.05) is 6.07 Å². The molecule has 2 nitrogen and oxygen atoms in total. The number of fused-ring (bicyclic) bond motifs is 1. The third kappa shape index (κ3) is 1.91. The van der Waals surface area contributed by atoms with E-state index in [0.717, 1.165) is 18.4 Å². The molecular weight excluding hydrogens is 232 g/mol. The minimum absolute atomic E-state index is 0.157. The van der Waals surface area contributed by atoms with E-state index >= 15 is 0 Å². The summed E-state index contributed by atoms with van der Waals surface area (Å²) in [5, 5.41) is 0. The van der Waals surface area contributed by atoms with Crippen molar-refractivity contribution in [2.45, 2.75) is 37.0 Å². The van der Waals surface area contributed by atoms with Crippen LogP contribution in [0, 0.1) is 0 Å². The van der Waals surface area contributed by atoms with Crippen molar-refractivity contribution in [2.24, 2.45) is 0 Å². The molecule has 0 aliphatic heterocycles. The summed E-state index contributed by atoms with van der Waals surface area (Å²) in [6.45, 7) is 4.35. The summed E-state index contributed by atoms with van der Waals surface area (Å²) >= 11 is 0. The van der Waals surface area contributed by atoms with Crippen molar-refractivity contribution in [1.29, 1.82) is 0 Å². The lowest BCUT2D eigenvalue weighted by molar-refractivity contribution is 0.522. The predicted octanol–water partition coefficient (Wildman–Crippen LogP) is 2.84. The molecule has 0 spiro atoms. The second kappa shape index (κ2) is 3.22. The fraction of sp³-hybridized carbons (Fsp3) is 0.455. The molecule has 1 aliphatic carbocycles. The van der Waals surface area contributed by atoms with Crippen molar-refractivity contribution < 1.29 is 8.42 Å². The van der Waals surface area contributed by atoms with Crippen molar-refractivity contribution in [3.63, 3.8) is 0 Å². The first-order valence-electron chi connectivity index (χ1n) is 4.89. The van der Waals surface area contributed by atoms with Gasteiger partial charge in [0, 0.05) is 10.7 Å². The molecule has 0 saturated carbocycles. The summed E-state index contributed by atoms with van der Waals surface area (Å²) in [4.78, 5) is 0.209. The van der Waals surface area contributed by atoms with Crippen molar-refractivity contribution in [3.8, 4) is 0 Å².